The second kappa shape index (κ2) is 6.94. The molecule has 0 atom stereocenters. The summed E-state index contributed by atoms with van der Waals surface area (Å²) in [6, 6.07) is 8.28. The predicted molar refractivity (Wildman–Crippen MR) is 98.6 cm³/mol. The second-order valence-electron chi connectivity index (χ2n) is 5.80. The molecule has 4 rings (SSSR count). The van der Waals surface area contributed by atoms with Crippen LogP contribution in [0.1, 0.15) is 6.92 Å². The number of anilines is 4. The summed E-state index contributed by atoms with van der Waals surface area (Å²) in [6.45, 7) is 6.23. The van der Waals surface area contributed by atoms with E-state index in [-0.39, 0.29) is 0 Å². The van der Waals surface area contributed by atoms with Gasteiger partial charge in [0.1, 0.15) is 5.52 Å². The molecule has 130 valence electrons. The lowest BCUT2D eigenvalue weighted by Crippen LogP contribution is -2.36. The van der Waals surface area contributed by atoms with E-state index in [2.05, 4.69) is 47.6 Å². The van der Waals surface area contributed by atoms with Crippen LogP contribution in [-0.4, -0.2) is 52.8 Å². The second-order valence-corrected chi connectivity index (χ2v) is 5.80. The van der Waals surface area contributed by atoms with E-state index in [1.54, 1.807) is 6.33 Å². The Balaban J connectivity index is 1.54. The minimum atomic E-state index is 0.523. The van der Waals surface area contributed by atoms with E-state index in [9.17, 15) is 0 Å². The van der Waals surface area contributed by atoms with Gasteiger partial charge in [0.15, 0.2) is 11.5 Å². The van der Waals surface area contributed by atoms with Crippen LogP contribution >= 0.6 is 0 Å². The quantitative estimate of drug-likeness (QED) is 0.657. The Hall–Kier alpha value is -2.87. The number of H-pyrrole nitrogens is 1. The fraction of sp³-hybridized carbons (Fsp3) is 0.353. The highest BCUT2D eigenvalue weighted by Gasteiger charge is 2.12. The number of hydrogen-bond donors (Lipinski definition) is 3. The fourth-order valence-corrected chi connectivity index (χ4v) is 2.89. The molecule has 0 bridgehead atoms. The highest BCUT2D eigenvalue weighted by Crippen LogP contribution is 2.23. The minimum absolute atomic E-state index is 0.523. The van der Waals surface area contributed by atoms with Crippen LogP contribution in [0.15, 0.2) is 30.6 Å². The predicted octanol–water partition coefficient (Wildman–Crippen LogP) is 2.36. The molecule has 8 heteroatoms. The van der Waals surface area contributed by atoms with Gasteiger partial charge >= 0.3 is 0 Å². The number of aromatic nitrogens is 4. The van der Waals surface area contributed by atoms with Crippen molar-refractivity contribution in [2.75, 3.05) is 48.4 Å². The summed E-state index contributed by atoms with van der Waals surface area (Å²) < 4.78 is 5.40. The molecule has 3 aromatic rings. The van der Waals surface area contributed by atoms with Crippen molar-refractivity contribution in [3.05, 3.63) is 30.6 Å². The van der Waals surface area contributed by atoms with Gasteiger partial charge in [0.05, 0.1) is 19.5 Å². The Morgan fingerprint density at radius 3 is 2.72 bits per heavy atom. The molecular weight excluding hydrogens is 318 g/mol. The molecule has 1 saturated heterocycles. The van der Waals surface area contributed by atoms with Gasteiger partial charge in [-0.25, -0.2) is 4.98 Å². The number of fused-ring (bicyclic) bond motifs is 1. The number of morpholine rings is 1. The van der Waals surface area contributed by atoms with E-state index in [4.69, 9.17) is 4.74 Å². The molecule has 0 aliphatic carbocycles. The number of rotatable bonds is 5. The van der Waals surface area contributed by atoms with Gasteiger partial charge < -0.3 is 25.3 Å². The Bertz CT molecular complexity index is 840. The molecule has 0 spiro atoms. The van der Waals surface area contributed by atoms with Crippen molar-refractivity contribution in [2.24, 2.45) is 0 Å². The van der Waals surface area contributed by atoms with Crippen molar-refractivity contribution in [1.82, 2.24) is 19.9 Å². The van der Waals surface area contributed by atoms with Gasteiger partial charge in [-0.1, -0.05) is 0 Å². The Morgan fingerprint density at radius 2 is 1.96 bits per heavy atom. The lowest BCUT2D eigenvalue weighted by atomic mass is 10.2. The van der Waals surface area contributed by atoms with Crippen LogP contribution in [0.5, 0.6) is 0 Å². The van der Waals surface area contributed by atoms with E-state index in [1.165, 1.54) is 5.69 Å². The van der Waals surface area contributed by atoms with Crippen molar-refractivity contribution in [3.63, 3.8) is 0 Å². The lowest BCUT2D eigenvalue weighted by Gasteiger charge is -2.28. The van der Waals surface area contributed by atoms with E-state index in [0.29, 0.717) is 11.6 Å². The van der Waals surface area contributed by atoms with Crippen molar-refractivity contribution in [2.45, 2.75) is 6.92 Å². The maximum absolute atomic E-state index is 5.40. The average Bonchev–Trinajstić information content (AvgIpc) is 3.12. The molecule has 1 aliphatic rings. The zero-order chi connectivity index (χ0) is 17.1. The minimum Gasteiger partial charge on any atom is -0.378 e. The van der Waals surface area contributed by atoms with Crippen molar-refractivity contribution < 1.29 is 4.74 Å². The molecule has 3 heterocycles. The monoisotopic (exact) mass is 339 g/mol. The van der Waals surface area contributed by atoms with Crippen LogP contribution in [0.2, 0.25) is 0 Å². The summed E-state index contributed by atoms with van der Waals surface area (Å²) in [7, 11) is 0. The Labute approximate surface area is 145 Å². The summed E-state index contributed by atoms with van der Waals surface area (Å²) in [5.74, 6) is 1.27. The first-order valence-electron chi connectivity index (χ1n) is 8.48. The summed E-state index contributed by atoms with van der Waals surface area (Å²) in [5.41, 5.74) is 3.59. The first-order chi connectivity index (χ1) is 12.3. The van der Waals surface area contributed by atoms with E-state index in [1.807, 2.05) is 19.1 Å². The Morgan fingerprint density at radius 1 is 1.16 bits per heavy atom. The smallest absolute Gasteiger partial charge is 0.231 e. The standard InChI is InChI=1S/C17H21N7O/c1-2-18-15-14-16(20-11-19-14)23-17(22-15)21-12-3-5-13(6-4-12)24-7-9-25-10-8-24/h3-6,11H,2,7-10H2,1H3,(H3,18,19,20,21,22,23). The number of hydrogen-bond acceptors (Lipinski definition) is 7. The highest BCUT2D eigenvalue weighted by atomic mass is 16.5. The number of nitrogens with one attached hydrogen (secondary N) is 3. The summed E-state index contributed by atoms with van der Waals surface area (Å²) >= 11 is 0. The van der Waals surface area contributed by atoms with Gasteiger partial charge in [0.25, 0.3) is 0 Å². The molecule has 0 radical (unpaired) electrons. The topological polar surface area (TPSA) is 91.0 Å². The summed E-state index contributed by atoms with van der Waals surface area (Å²) in [4.78, 5) is 18.6. The van der Waals surface area contributed by atoms with E-state index < -0.39 is 0 Å². The molecule has 1 aromatic carbocycles. The van der Waals surface area contributed by atoms with Gasteiger partial charge in [-0.2, -0.15) is 9.97 Å². The van der Waals surface area contributed by atoms with Crippen molar-refractivity contribution in [1.29, 1.82) is 0 Å². The molecule has 1 fully saturated rings. The molecule has 0 unspecified atom stereocenters. The molecule has 1 aliphatic heterocycles. The highest BCUT2D eigenvalue weighted by molar-refractivity contribution is 5.84. The maximum Gasteiger partial charge on any atom is 0.231 e. The molecule has 0 amide bonds. The third-order valence-electron chi connectivity index (χ3n) is 4.13. The average molecular weight is 339 g/mol. The third-order valence-corrected chi connectivity index (χ3v) is 4.13. The van der Waals surface area contributed by atoms with Crippen LogP contribution in [0.25, 0.3) is 11.2 Å². The first kappa shape index (κ1) is 15.6. The van der Waals surface area contributed by atoms with Gasteiger partial charge in [0, 0.05) is 31.0 Å². The zero-order valence-corrected chi connectivity index (χ0v) is 14.1. The SMILES string of the molecule is CCNc1nc(Nc2ccc(N3CCOCC3)cc2)nc2nc[nH]c12. The molecule has 25 heavy (non-hydrogen) atoms. The molecular formula is C17H21N7O. The molecule has 0 saturated carbocycles. The number of ether oxygens (including phenoxy) is 1. The molecule has 2 aromatic heterocycles. The van der Waals surface area contributed by atoms with Crippen LogP contribution < -0.4 is 15.5 Å². The van der Waals surface area contributed by atoms with Crippen LogP contribution in [-0.2, 0) is 4.74 Å². The van der Waals surface area contributed by atoms with Crippen LogP contribution in [0.4, 0.5) is 23.1 Å². The van der Waals surface area contributed by atoms with Gasteiger partial charge in [-0.15, -0.1) is 0 Å². The summed E-state index contributed by atoms with van der Waals surface area (Å²) in [6.07, 6.45) is 1.63. The number of aromatic amines is 1. The van der Waals surface area contributed by atoms with Gasteiger partial charge in [-0.3, -0.25) is 0 Å². The third kappa shape index (κ3) is 3.34. The van der Waals surface area contributed by atoms with E-state index in [0.717, 1.165) is 49.9 Å². The van der Waals surface area contributed by atoms with Crippen LogP contribution in [0.3, 0.4) is 0 Å². The Kier molecular flexibility index (Phi) is 4.34. The van der Waals surface area contributed by atoms with Gasteiger partial charge in [-0.05, 0) is 31.2 Å². The van der Waals surface area contributed by atoms with Crippen molar-refractivity contribution >= 4 is 34.3 Å². The lowest BCUT2D eigenvalue weighted by molar-refractivity contribution is 0.122. The zero-order valence-electron chi connectivity index (χ0n) is 14.1. The largest absolute Gasteiger partial charge is 0.378 e. The van der Waals surface area contributed by atoms with Crippen molar-refractivity contribution in [3.8, 4) is 0 Å². The number of imidazole rings is 1. The first-order valence-corrected chi connectivity index (χ1v) is 8.48. The molecule has 3 N–H and O–H groups in total. The number of benzene rings is 1. The maximum atomic E-state index is 5.40. The fourth-order valence-electron chi connectivity index (χ4n) is 2.89. The molecule has 8 nitrogen and oxygen atoms in total. The summed E-state index contributed by atoms with van der Waals surface area (Å²) in [5, 5.41) is 6.49. The number of nitrogens with zero attached hydrogens (tertiary/aromatic N) is 4. The van der Waals surface area contributed by atoms with Crippen LogP contribution in [0, 0.1) is 0 Å². The normalized spacial score (nSPS) is 14.7. The van der Waals surface area contributed by atoms with Gasteiger partial charge in [0.2, 0.25) is 5.95 Å². The van der Waals surface area contributed by atoms with E-state index >= 15 is 0 Å².